The number of hydrogen-bond acceptors (Lipinski definition) is 5. The summed E-state index contributed by atoms with van der Waals surface area (Å²) in [5, 5.41) is 11.2. The van der Waals surface area contributed by atoms with Crippen LogP contribution in [0.1, 0.15) is 96.8 Å². The Morgan fingerprint density at radius 2 is 1.36 bits per heavy atom. The number of unbranched alkanes of at least 4 members (excludes halogenated alkanes) is 11. The third-order valence-electron chi connectivity index (χ3n) is 5.07. The maximum Gasteiger partial charge on any atom is 0.331 e. The standard InChI is InChI=1S/C26H45NO6/c1-2-3-4-5-6-7-8-9-10-11-12-13-14-15-16-17-24(28)27-20-21-32-22-23-33-26(31)19-18-25(29)30/h9-10,18-19H,2-8,11-17,20-23H2,1H3,(H,27,28)(H,29,30)/b10-9-,19-18-. The summed E-state index contributed by atoms with van der Waals surface area (Å²) in [6.45, 7) is 3.22. The number of aliphatic carboxylic acids is 1. The van der Waals surface area contributed by atoms with E-state index in [4.69, 9.17) is 14.6 Å². The number of nitrogens with one attached hydrogen (secondary N) is 1. The van der Waals surface area contributed by atoms with Gasteiger partial charge >= 0.3 is 11.9 Å². The van der Waals surface area contributed by atoms with Crippen LogP contribution in [0.5, 0.6) is 0 Å². The number of amides is 1. The molecule has 0 aliphatic carbocycles. The van der Waals surface area contributed by atoms with Crippen LogP contribution in [0.25, 0.3) is 0 Å². The van der Waals surface area contributed by atoms with Crippen molar-refractivity contribution < 1.29 is 29.0 Å². The quantitative estimate of drug-likeness (QED) is 0.0910. The SMILES string of the molecule is CCCCCCCC/C=C\CCCCCCCC(=O)NCCOCCOC(=O)/C=C\C(=O)O. The fraction of sp³-hybridized carbons (Fsp3) is 0.731. The molecule has 0 aliphatic rings. The van der Waals surface area contributed by atoms with Gasteiger partial charge in [0.2, 0.25) is 5.91 Å². The zero-order valence-corrected chi connectivity index (χ0v) is 20.5. The molecule has 0 rings (SSSR count). The first-order valence-corrected chi connectivity index (χ1v) is 12.6. The van der Waals surface area contributed by atoms with Crippen LogP contribution in [0.15, 0.2) is 24.3 Å². The van der Waals surface area contributed by atoms with Crippen molar-refractivity contribution in [2.75, 3.05) is 26.4 Å². The van der Waals surface area contributed by atoms with E-state index < -0.39 is 11.9 Å². The Morgan fingerprint density at radius 1 is 0.758 bits per heavy atom. The van der Waals surface area contributed by atoms with Gasteiger partial charge in [-0.1, -0.05) is 70.4 Å². The molecular weight excluding hydrogens is 422 g/mol. The minimum Gasteiger partial charge on any atom is -0.478 e. The monoisotopic (exact) mass is 467 g/mol. The number of carboxylic acids is 1. The van der Waals surface area contributed by atoms with E-state index in [-0.39, 0.29) is 19.1 Å². The largest absolute Gasteiger partial charge is 0.478 e. The molecular formula is C26H45NO6. The summed E-state index contributed by atoms with van der Waals surface area (Å²) in [5.41, 5.74) is 0. The number of carbonyl (C=O) groups excluding carboxylic acids is 2. The minimum absolute atomic E-state index is 0.0291. The lowest BCUT2D eigenvalue weighted by Crippen LogP contribution is -2.27. The topological polar surface area (TPSA) is 102 Å². The smallest absolute Gasteiger partial charge is 0.331 e. The summed E-state index contributed by atoms with van der Waals surface area (Å²) in [6.07, 6.45) is 22.8. The highest BCUT2D eigenvalue weighted by molar-refractivity contribution is 5.90. The highest BCUT2D eigenvalue weighted by atomic mass is 16.6. The van der Waals surface area contributed by atoms with Crippen LogP contribution in [0.2, 0.25) is 0 Å². The lowest BCUT2D eigenvalue weighted by Gasteiger charge is -2.07. The molecule has 190 valence electrons. The molecule has 0 aromatic rings. The average Bonchev–Trinajstić information content (AvgIpc) is 2.79. The molecule has 0 spiro atoms. The van der Waals surface area contributed by atoms with Crippen molar-refractivity contribution in [3.05, 3.63) is 24.3 Å². The Bertz CT molecular complexity index is 559. The number of ether oxygens (including phenoxy) is 2. The first kappa shape index (κ1) is 30.9. The van der Waals surface area contributed by atoms with Crippen LogP contribution in [0, 0.1) is 0 Å². The van der Waals surface area contributed by atoms with Crippen LogP contribution >= 0.6 is 0 Å². The lowest BCUT2D eigenvalue weighted by atomic mass is 10.1. The molecule has 0 fully saturated rings. The van der Waals surface area contributed by atoms with Gasteiger partial charge in [0, 0.05) is 25.1 Å². The Kier molecular flexibility index (Phi) is 22.9. The first-order chi connectivity index (χ1) is 16.1. The molecule has 0 saturated carbocycles. The predicted octanol–water partition coefficient (Wildman–Crippen LogP) is 5.34. The van der Waals surface area contributed by atoms with Crippen molar-refractivity contribution in [2.45, 2.75) is 96.8 Å². The molecule has 0 heterocycles. The van der Waals surface area contributed by atoms with E-state index in [0.717, 1.165) is 31.4 Å². The Hall–Kier alpha value is -2.15. The summed E-state index contributed by atoms with van der Waals surface area (Å²) in [5.74, 6) is -1.91. The number of hydrogen-bond donors (Lipinski definition) is 2. The van der Waals surface area contributed by atoms with E-state index in [0.29, 0.717) is 19.6 Å². The first-order valence-electron chi connectivity index (χ1n) is 12.6. The van der Waals surface area contributed by atoms with E-state index in [2.05, 4.69) is 24.4 Å². The summed E-state index contributed by atoms with van der Waals surface area (Å²) in [6, 6.07) is 0. The van der Waals surface area contributed by atoms with Gasteiger partial charge in [-0.25, -0.2) is 9.59 Å². The van der Waals surface area contributed by atoms with Gasteiger partial charge in [0.15, 0.2) is 0 Å². The highest BCUT2D eigenvalue weighted by Gasteiger charge is 2.01. The molecule has 0 aromatic carbocycles. The van der Waals surface area contributed by atoms with Crippen LogP contribution in [0.3, 0.4) is 0 Å². The molecule has 0 bridgehead atoms. The second-order valence-corrected chi connectivity index (χ2v) is 8.14. The number of carboxylic acid groups (broad SMARTS) is 1. The van der Waals surface area contributed by atoms with Gasteiger partial charge < -0.3 is 19.9 Å². The van der Waals surface area contributed by atoms with Crippen LogP contribution < -0.4 is 5.32 Å². The van der Waals surface area contributed by atoms with Gasteiger partial charge in [0.05, 0.1) is 13.2 Å². The van der Waals surface area contributed by atoms with Gasteiger partial charge in [-0.2, -0.15) is 0 Å². The molecule has 0 aliphatic heterocycles. The lowest BCUT2D eigenvalue weighted by molar-refractivity contribution is -0.140. The fourth-order valence-corrected chi connectivity index (χ4v) is 3.20. The number of rotatable bonds is 23. The van der Waals surface area contributed by atoms with E-state index in [1.807, 2.05) is 0 Å². The summed E-state index contributed by atoms with van der Waals surface area (Å²) >= 11 is 0. The molecule has 0 atom stereocenters. The molecule has 7 nitrogen and oxygen atoms in total. The average molecular weight is 468 g/mol. The van der Waals surface area contributed by atoms with Crippen molar-refractivity contribution in [3.8, 4) is 0 Å². The summed E-state index contributed by atoms with van der Waals surface area (Å²) in [4.78, 5) is 33.2. The number of allylic oxidation sites excluding steroid dienone is 2. The van der Waals surface area contributed by atoms with E-state index in [1.165, 1.54) is 64.2 Å². The van der Waals surface area contributed by atoms with E-state index in [1.54, 1.807) is 0 Å². The Labute approximate surface area is 200 Å². The molecule has 33 heavy (non-hydrogen) atoms. The summed E-state index contributed by atoms with van der Waals surface area (Å²) in [7, 11) is 0. The van der Waals surface area contributed by atoms with E-state index in [9.17, 15) is 14.4 Å². The van der Waals surface area contributed by atoms with Crippen LogP contribution in [-0.4, -0.2) is 49.3 Å². The molecule has 0 unspecified atom stereocenters. The van der Waals surface area contributed by atoms with Gasteiger partial charge in [-0.05, 0) is 32.1 Å². The van der Waals surface area contributed by atoms with Crippen LogP contribution in [-0.2, 0) is 23.9 Å². The second-order valence-electron chi connectivity index (χ2n) is 8.14. The maximum absolute atomic E-state index is 11.8. The molecule has 0 aromatic heterocycles. The highest BCUT2D eigenvalue weighted by Crippen LogP contribution is 2.09. The van der Waals surface area contributed by atoms with Crippen molar-refractivity contribution in [2.24, 2.45) is 0 Å². The van der Waals surface area contributed by atoms with Gasteiger partial charge in [0.1, 0.15) is 6.61 Å². The predicted molar refractivity (Wildman–Crippen MR) is 131 cm³/mol. The Morgan fingerprint density at radius 3 is 2.00 bits per heavy atom. The van der Waals surface area contributed by atoms with Crippen molar-refractivity contribution in [3.63, 3.8) is 0 Å². The molecule has 7 heteroatoms. The number of esters is 1. The summed E-state index contributed by atoms with van der Waals surface area (Å²) < 4.78 is 10.0. The van der Waals surface area contributed by atoms with Crippen molar-refractivity contribution in [1.82, 2.24) is 5.32 Å². The zero-order chi connectivity index (χ0) is 24.4. The Balaban J connectivity index is 3.33. The van der Waals surface area contributed by atoms with Crippen LogP contribution in [0.4, 0.5) is 0 Å². The molecule has 0 radical (unpaired) electrons. The molecule has 2 N–H and O–H groups in total. The number of carbonyl (C=O) groups is 3. The van der Waals surface area contributed by atoms with E-state index >= 15 is 0 Å². The minimum atomic E-state index is -1.21. The van der Waals surface area contributed by atoms with Gasteiger partial charge in [-0.3, -0.25) is 4.79 Å². The van der Waals surface area contributed by atoms with Crippen molar-refractivity contribution in [1.29, 1.82) is 0 Å². The van der Waals surface area contributed by atoms with Gasteiger partial charge in [-0.15, -0.1) is 0 Å². The second kappa shape index (κ2) is 24.5. The fourth-order valence-electron chi connectivity index (χ4n) is 3.20. The molecule has 1 amide bonds. The molecule has 0 saturated heterocycles. The maximum atomic E-state index is 11.8. The third-order valence-corrected chi connectivity index (χ3v) is 5.07. The van der Waals surface area contributed by atoms with Gasteiger partial charge in [0.25, 0.3) is 0 Å². The zero-order valence-electron chi connectivity index (χ0n) is 20.5. The normalized spacial score (nSPS) is 11.3. The third kappa shape index (κ3) is 26.0. The van der Waals surface area contributed by atoms with Crippen molar-refractivity contribution >= 4 is 17.8 Å².